The first-order valence-corrected chi connectivity index (χ1v) is 6.89. The normalized spacial score (nSPS) is 10.8. The summed E-state index contributed by atoms with van der Waals surface area (Å²) < 4.78 is 6.48. The van der Waals surface area contributed by atoms with Gasteiger partial charge in [-0.2, -0.15) is 5.10 Å². The average Bonchev–Trinajstić information content (AvgIpc) is 2.74. The van der Waals surface area contributed by atoms with E-state index in [1.165, 1.54) is 0 Å². The molecule has 0 aliphatic carbocycles. The molecule has 1 aromatic heterocycles. The van der Waals surface area contributed by atoms with Crippen LogP contribution in [0.3, 0.4) is 0 Å². The molecule has 0 saturated carbocycles. The van der Waals surface area contributed by atoms with Gasteiger partial charge in [-0.05, 0) is 27.7 Å². The van der Waals surface area contributed by atoms with Crippen LogP contribution in [-0.2, 0) is 9.53 Å². The van der Waals surface area contributed by atoms with E-state index in [0.29, 0.717) is 24.7 Å². The van der Waals surface area contributed by atoms with E-state index in [9.17, 15) is 14.9 Å². The van der Waals surface area contributed by atoms with Crippen LogP contribution in [0.15, 0.2) is 0 Å². The highest BCUT2D eigenvalue weighted by Crippen LogP contribution is 2.33. The maximum atomic E-state index is 11.4. The van der Waals surface area contributed by atoms with E-state index in [0.717, 1.165) is 0 Å². The summed E-state index contributed by atoms with van der Waals surface area (Å²) >= 11 is 0. The Hall–Kier alpha value is -2.12. The largest absolute Gasteiger partial charge is 0.466 e. The van der Waals surface area contributed by atoms with Crippen molar-refractivity contribution in [1.82, 2.24) is 9.78 Å². The van der Waals surface area contributed by atoms with Gasteiger partial charge >= 0.3 is 11.7 Å². The summed E-state index contributed by atoms with van der Waals surface area (Å²) in [5.41, 5.74) is 0.349. The van der Waals surface area contributed by atoms with E-state index in [1.807, 2.05) is 13.8 Å². The monoisotopic (exact) mass is 298 g/mol. The van der Waals surface area contributed by atoms with Crippen molar-refractivity contribution >= 4 is 17.5 Å². The van der Waals surface area contributed by atoms with E-state index in [4.69, 9.17) is 4.74 Å². The fourth-order valence-electron chi connectivity index (χ4n) is 2.05. The predicted octanol–water partition coefficient (Wildman–Crippen LogP) is 2.07. The number of ether oxygens (including phenoxy) is 1. The molecule has 0 atom stereocenters. The molecule has 0 bridgehead atoms. The predicted molar refractivity (Wildman–Crippen MR) is 78.5 cm³/mol. The highest BCUT2D eigenvalue weighted by Gasteiger charge is 2.29. The summed E-state index contributed by atoms with van der Waals surface area (Å²) in [7, 11) is 1.71. The van der Waals surface area contributed by atoms with Crippen LogP contribution in [0.5, 0.6) is 0 Å². The summed E-state index contributed by atoms with van der Waals surface area (Å²) in [6, 6.07) is -0.0163. The van der Waals surface area contributed by atoms with E-state index in [1.54, 1.807) is 30.5 Å². The smallest absolute Gasteiger partial charge is 0.333 e. The fourth-order valence-corrected chi connectivity index (χ4v) is 2.05. The molecule has 21 heavy (non-hydrogen) atoms. The Morgan fingerprint density at radius 2 is 2.14 bits per heavy atom. The Morgan fingerprint density at radius 1 is 1.52 bits per heavy atom. The average molecular weight is 298 g/mol. The third kappa shape index (κ3) is 3.93. The summed E-state index contributed by atoms with van der Waals surface area (Å²) in [6.45, 7) is 7.81. The van der Waals surface area contributed by atoms with Crippen molar-refractivity contribution in [1.29, 1.82) is 0 Å². The summed E-state index contributed by atoms with van der Waals surface area (Å²) in [5.74, 6) is 0.0936. The second-order valence-corrected chi connectivity index (χ2v) is 5.03. The van der Waals surface area contributed by atoms with E-state index >= 15 is 0 Å². The molecule has 8 nitrogen and oxygen atoms in total. The molecule has 8 heteroatoms. The third-order valence-corrected chi connectivity index (χ3v) is 3.02. The Morgan fingerprint density at radius 3 is 2.62 bits per heavy atom. The Balaban J connectivity index is 3.03. The number of rotatable bonds is 7. The van der Waals surface area contributed by atoms with E-state index < -0.39 is 4.92 Å². The summed E-state index contributed by atoms with van der Waals surface area (Å²) in [5, 5.41) is 15.5. The van der Waals surface area contributed by atoms with Crippen LogP contribution < -0.4 is 4.90 Å². The molecular formula is C13H22N4O4. The number of nitrogens with zero attached hydrogens (tertiary/aromatic N) is 4. The van der Waals surface area contributed by atoms with Crippen molar-refractivity contribution in [2.45, 2.75) is 40.2 Å². The van der Waals surface area contributed by atoms with Gasteiger partial charge in [-0.3, -0.25) is 14.9 Å². The molecular weight excluding hydrogens is 276 g/mol. The Labute approximate surface area is 123 Å². The van der Waals surface area contributed by atoms with Crippen molar-refractivity contribution in [3.63, 3.8) is 0 Å². The molecule has 0 saturated heterocycles. The van der Waals surface area contributed by atoms with Crippen molar-refractivity contribution in [3.8, 4) is 0 Å². The fraction of sp³-hybridized carbons (Fsp3) is 0.692. The van der Waals surface area contributed by atoms with Gasteiger partial charge in [-0.15, -0.1) is 0 Å². The van der Waals surface area contributed by atoms with Crippen molar-refractivity contribution < 1.29 is 14.5 Å². The zero-order chi connectivity index (χ0) is 16.2. The summed E-state index contributed by atoms with van der Waals surface area (Å²) in [4.78, 5) is 23.9. The zero-order valence-corrected chi connectivity index (χ0v) is 13.1. The van der Waals surface area contributed by atoms with Gasteiger partial charge in [0.15, 0.2) is 0 Å². The highest BCUT2D eigenvalue weighted by atomic mass is 16.6. The van der Waals surface area contributed by atoms with Gasteiger partial charge < -0.3 is 9.64 Å². The van der Waals surface area contributed by atoms with Crippen LogP contribution in [0, 0.1) is 17.0 Å². The molecule has 118 valence electrons. The van der Waals surface area contributed by atoms with Crippen LogP contribution in [0.2, 0.25) is 0 Å². The van der Waals surface area contributed by atoms with Gasteiger partial charge in [0.05, 0.1) is 18.0 Å². The standard InChI is InChI=1S/C13H22N4O4/c1-6-21-11(18)7-8-15(5)13-12(17(19)20)10(4)14-16(13)9(2)3/h9H,6-8H2,1-5H3. The van der Waals surface area contributed by atoms with Crippen molar-refractivity contribution in [3.05, 3.63) is 15.8 Å². The lowest BCUT2D eigenvalue weighted by Crippen LogP contribution is -2.26. The molecule has 0 aliphatic heterocycles. The van der Waals surface area contributed by atoms with Crippen molar-refractivity contribution in [2.24, 2.45) is 0 Å². The number of aromatic nitrogens is 2. The highest BCUT2D eigenvalue weighted by molar-refractivity contribution is 5.70. The zero-order valence-electron chi connectivity index (χ0n) is 13.1. The molecule has 1 aromatic rings. The number of carbonyl (C=O) groups excluding carboxylic acids is 1. The van der Waals surface area contributed by atoms with Gasteiger partial charge in [0.25, 0.3) is 0 Å². The second-order valence-electron chi connectivity index (χ2n) is 5.03. The first-order valence-electron chi connectivity index (χ1n) is 6.89. The number of nitro groups is 1. The molecule has 0 aliphatic rings. The lowest BCUT2D eigenvalue weighted by atomic mass is 10.3. The minimum atomic E-state index is -0.433. The van der Waals surface area contributed by atoms with Gasteiger partial charge in [0, 0.05) is 19.6 Å². The molecule has 0 spiro atoms. The molecule has 0 amide bonds. The molecule has 0 radical (unpaired) electrons. The molecule has 0 fully saturated rings. The maximum Gasteiger partial charge on any atom is 0.333 e. The topological polar surface area (TPSA) is 90.5 Å². The second kappa shape index (κ2) is 7.05. The minimum Gasteiger partial charge on any atom is -0.466 e. The van der Waals surface area contributed by atoms with Crippen LogP contribution >= 0.6 is 0 Å². The first-order chi connectivity index (χ1) is 9.79. The van der Waals surface area contributed by atoms with Crippen LogP contribution in [0.1, 0.15) is 38.9 Å². The first kappa shape index (κ1) is 16.9. The minimum absolute atomic E-state index is 0.0163. The lowest BCUT2D eigenvalue weighted by molar-refractivity contribution is -0.384. The maximum absolute atomic E-state index is 11.4. The van der Waals surface area contributed by atoms with Crippen LogP contribution in [0.4, 0.5) is 11.5 Å². The SMILES string of the molecule is CCOC(=O)CCN(C)c1c([N+](=O)[O-])c(C)nn1C(C)C. The number of carbonyl (C=O) groups is 1. The summed E-state index contributed by atoms with van der Waals surface area (Å²) in [6.07, 6.45) is 0.170. The molecule has 0 aromatic carbocycles. The number of anilines is 1. The van der Waals surface area contributed by atoms with Gasteiger partial charge in [-0.1, -0.05) is 0 Å². The Bertz CT molecular complexity index is 524. The molecule has 1 rings (SSSR count). The van der Waals surface area contributed by atoms with E-state index in [-0.39, 0.29) is 24.1 Å². The third-order valence-electron chi connectivity index (χ3n) is 3.02. The van der Waals surface area contributed by atoms with Gasteiger partial charge in [0.2, 0.25) is 5.82 Å². The number of hydrogen-bond acceptors (Lipinski definition) is 6. The quantitative estimate of drug-likeness (QED) is 0.435. The van der Waals surface area contributed by atoms with Gasteiger partial charge in [-0.25, -0.2) is 4.68 Å². The lowest BCUT2D eigenvalue weighted by Gasteiger charge is -2.20. The number of aryl methyl sites for hydroxylation is 1. The number of esters is 1. The Kier molecular flexibility index (Phi) is 5.69. The molecule has 0 unspecified atom stereocenters. The van der Waals surface area contributed by atoms with Crippen LogP contribution in [-0.4, -0.2) is 40.9 Å². The molecule has 0 N–H and O–H groups in total. The van der Waals surface area contributed by atoms with Crippen molar-refractivity contribution in [2.75, 3.05) is 25.1 Å². The van der Waals surface area contributed by atoms with E-state index in [2.05, 4.69) is 5.10 Å². The van der Waals surface area contributed by atoms with Gasteiger partial charge in [0.1, 0.15) is 5.69 Å². The number of hydrogen-bond donors (Lipinski definition) is 0. The van der Waals surface area contributed by atoms with Crippen LogP contribution in [0.25, 0.3) is 0 Å². The molecule has 1 heterocycles.